The van der Waals surface area contributed by atoms with Gasteiger partial charge in [0.25, 0.3) is 5.24 Å². The summed E-state index contributed by atoms with van der Waals surface area (Å²) in [5, 5.41) is 0.0239. The number of carbonyl (C=O) groups is 3. The molecule has 0 spiro atoms. The summed E-state index contributed by atoms with van der Waals surface area (Å²) in [6, 6.07) is 0. The zero-order valence-electron chi connectivity index (χ0n) is 10.7. The Morgan fingerprint density at radius 2 is 2.22 bits per heavy atom. The molecule has 0 N–H and O–H groups in total. The number of thioether (sulfide) groups is 1. The van der Waals surface area contributed by atoms with Crippen molar-refractivity contribution in [3.8, 4) is 0 Å². The molecule has 0 atom stereocenters. The van der Waals surface area contributed by atoms with E-state index < -0.39 is 5.97 Å². The summed E-state index contributed by atoms with van der Waals surface area (Å²) in [6.45, 7) is 3.09. The second-order valence-corrected chi connectivity index (χ2v) is 4.95. The lowest BCUT2D eigenvalue weighted by Crippen LogP contribution is -2.35. The molecule has 18 heavy (non-hydrogen) atoms. The smallest absolute Gasteiger partial charge is 0.325 e. The van der Waals surface area contributed by atoms with Gasteiger partial charge in [-0.05, 0) is 6.92 Å². The van der Waals surface area contributed by atoms with Crippen LogP contribution in [0.1, 0.15) is 13.3 Å². The van der Waals surface area contributed by atoms with Crippen LogP contribution in [0.5, 0.6) is 0 Å². The number of carbonyl (C=O) groups excluding carboxylic acids is 3. The van der Waals surface area contributed by atoms with E-state index >= 15 is 0 Å². The van der Waals surface area contributed by atoms with Crippen molar-refractivity contribution < 1.29 is 19.1 Å². The zero-order valence-corrected chi connectivity index (χ0v) is 11.5. The Labute approximate surface area is 111 Å². The van der Waals surface area contributed by atoms with Crippen molar-refractivity contribution in [2.75, 3.05) is 39.0 Å². The summed E-state index contributed by atoms with van der Waals surface area (Å²) in [7, 11) is 1.56. The van der Waals surface area contributed by atoms with E-state index in [1.54, 1.807) is 18.9 Å². The lowest BCUT2D eigenvalue weighted by atomic mass is 10.3. The molecule has 0 radical (unpaired) electrons. The van der Waals surface area contributed by atoms with Crippen LogP contribution in [-0.2, 0) is 14.3 Å². The van der Waals surface area contributed by atoms with E-state index in [2.05, 4.69) is 0 Å². The largest absolute Gasteiger partial charge is 0.465 e. The molecule has 0 aliphatic carbocycles. The van der Waals surface area contributed by atoms with Crippen LogP contribution < -0.4 is 0 Å². The van der Waals surface area contributed by atoms with Gasteiger partial charge in [-0.15, -0.1) is 0 Å². The molecular formula is C11H18N2O4S. The summed E-state index contributed by atoms with van der Waals surface area (Å²) in [4.78, 5) is 37.2. The number of rotatable bonds is 6. The molecule has 102 valence electrons. The van der Waals surface area contributed by atoms with Crippen molar-refractivity contribution >= 4 is 28.9 Å². The molecule has 0 aromatic carbocycles. The van der Waals surface area contributed by atoms with Gasteiger partial charge < -0.3 is 14.5 Å². The lowest BCUT2D eigenvalue weighted by Gasteiger charge is -2.18. The Morgan fingerprint density at radius 3 is 2.78 bits per heavy atom. The van der Waals surface area contributed by atoms with Crippen molar-refractivity contribution in [2.24, 2.45) is 0 Å². The van der Waals surface area contributed by atoms with Crippen molar-refractivity contribution in [2.45, 2.75) is 13.3 Å². The first-order valence-electron chi connectivity index (χ1n) is 5.86. The molecule has 0 aromatic heterocycles. The molecule has 1 aliphatic heterocycles. The molecule has 0 aromatic rings. The minimum absolute atomic E-state index is 0.0239. The van der Waals surface area contributed by atoms with Crippen molar-refractivity contribution in [1.29, 1.82) is 0 Å². The Kier molecular flexibility index (Phi) is 5.97. The number of hydrogen-bond donors (Lipinski definition) is 0. The minimum atomic E-state index is -0.416. The van der Waals surface area contributed by atoms with Crippen LogP contribution in [0.2, 0.25) is 0 Å². The number of amides is 2. The molecule has 2 amide bonds. The van der Waals surface area contributed by atoms with Gasteiger partial charge in [0.1, 0.15) is 6.54 Å². The van der Waals surface area contributed by atoms with Crippen LogP contribution in [0.4, 0.5) is 4.79 Å². The molecule has 0 bridgehead atoms. The van der Waals surface area contributed by atoms with E-state index in [1.165, 1.54) is 16.7 Å². The van der Waals surface area contributed by atoms with Gasteiger partial charge in [0.2, 0.25) is 5.91 Å². The number of likely N-dealkylation sites (N-methyl/N-ethyl adjacent to an activating group) is 1. The van der Waals surface area contributed by atoms with Crippen LogP contribution in [0.3, 0.4) is 0 Å². The first-order valence-corrected chi connectivity index (χ1v) is 6.84. The quantitative estimate of drug-likeness (QED) is 0.662. The summed E-state index contributed by atoms with van der Waals surface area (Å²) >= 11 is 1.27. The average Bonchev–Trinajstić information content (AvgIpc) is 2.72. The summed E-state index contributed by atoms with van der Waals surface area (Å²) in [5.74, 6) is 0.208. The summed E-state index contributed by atoms with van der Waals surface area (Å²) in [5.41, 5.74) is 0. The molecule has 1 saturated heterocycles. The number of ether oxygens (including phenoxy) is 1. The molecule has 0 saturated carbocycles. The molecular weight excluding hydrogens is 256 g/mol. The zero-order chi connectivity index (χ0) is 13.5. The summed E-state index contributed by atoms with van der Waals surface area (Å²) in [6.07, 6.45) is 0.238. The van der Waals surface area contributed by atoms with Crippen LogP contribution in [0.15, 0.2) is 0 Å². The Bertz CT molecular complexity index is 335. The van der Waals surface area contributed by atoms with E-state index in [0.717, 1.165) is 5.75 Å². The lowest BCUT2D eigenvalue weighted by molar-refractivity contribution is -0.148. The number of esters is 1. The maximum atomic E-state index is 11.7. The van der Waals surface area contributed by atoms with Gasteiger partial charge in [-0.25, -0.2) is 0 Å². The molecule has 1 heterocycles. The number of nitrogens with zero attached hydrogens (tertiary/aromatic N) is 2. The normalized spacial score (nSPS) is 14.8. The maximum Gasteiger partial charge on any atom is 0.325 e. The summed E-state index contributed by atoms with van der Waals surface area (Å²) < 4.78 is 4.76. The van der Waals surface area contributed by atoms with Crippen LogP contribution in [0, 0.1) is 0 Å². The molecule has 1 aliphatic rings. The molecule has 1 rings (SSSR count). The first kappa shape index (κ1) is 14.8. The second kappa shape index (κ2) is 7.25. The topological polar surface area (TPSA) is 66.9 Å². The third-order valence-corrected chi connectivity index (χ3v) is 3.43. The minimum Gasteiger partial charge on any atom is -0.465 e. The molecule has 7 heteroatoms. The van der Waals surface area contributed by atoms with Crippen molar-refractivity contribution in [1.82, 2.24) is 9.80 Å². The highest BCUT2D eigenvalue weighted by Crippen LogP contribution is 2.17. The third kappa shape index (κ3) is 4.56. The Balaban J connectivity index is 2.27. The highest BCUT2D eigenvalue weighted by molar-refractivity contribution is 8.13. The van der Waals surface area contributed by atoms with Gasteiger partial charge in [0.15, 0.2) is 0 Å². The van der Waals surface area contributed by atoms with Crippen molar-refractivity contribution in [3.63, 3.8) is 0 Å². The average molecular weight is 274 g/mol. The van der Waals surface area contributed by atoms with E-state index in [0.29, 0.717) is 19.7 Å². The Morgan fingerprint density at radius 1 is 1.50 bits per heavy atom. The van der Waals surface area contributed by atoms with Gasteiger partial charge in [-0.2, -0.15) is 0 Å². The fourth-order valence-electron chi connectivity index (χ4n) is 1.54. The molecule has 6 nitrogen and oxygen atoms in total. The number of hydrogen-bond acceptors (Lipinski definition) is 5. The van der Waals surface area contributed by atoms with Gasteiger partial charge in [0, 0.05) is 32.3 Å². The second-order valence-electron chi connectivity index (χ2n) is 3.91. The SMILES string of the molecule is CCOC(=O)CN(C)C(=O)CCN1CCSC1=O. The third-order valence-electron chi connectivity index (χ3n) is 2.54. The van der Waals surface area contributed by atoms with Crippen LogP contribution >= 0.6 is 11.8 Å². The predicted octanol–water partition coefficient (Wildman–Crippen LogP) is 0.567. The van der Waals surface area contributed by atoms with Crippen LogP contribution in [-0.4, -0.2) is 66.0 Å². The van der Waals surface area contributed by atoms with Gasteiger partial charge in [-0.1, -0.05) is 11.8 Å². The molecule has 0 unspecified atom stereocenters. The van der Waals surface area contributed by atoms with E-state index in [1.807, 2.05) is 0 Å². The van der Waals surface area contributed by atoms with E-state index in [4.69, 9.17) is 4.74 Å². The fourth-order valence-corrected chi connectivity index (χ4v) is 2.39. The van der Waals surface area contributed by atoms with Gasteiger partial charge in [-0.3, -0.25) is 14.4 Å². The first-order chi connectivity index (χ1) is 8.54. The monoisotopic (exact) mass is 274 g/mol. The van der Waals surface area contributed by atoms with Crippen LogP contribution in [0.25, 0.3) is 0 Å². The highest BCUT2D eigenvalue weighted by Gasteiger charge is 2.22. The van der Waals surface area contributed by atoms with Gasteiger partial charge in [0.05, 0.1) is 6.61 Å². The highest BCUT2D eigenvalue weighted by atomic mass is 32.2. The maximum absolute atomic E-state index is 11.7. The standard InChI is InChI=1S/C11H18N2O4S/c1-3-17-10(15)8-12(2)9(14)4-5-13-6-7-18-11(13)16/h3-8H2,1-2H3. The molecule has 1 fully saturated rings. The van der Waals surface area contributed by atoms with Crippen molar-refractivity contribution in [3.05, 3.63) is 0 Å². The van der Waals surface area contributed by atoms with E-state index in [9.17, 15) is 14.4 Å². The fraction of sp³-hybridized carbons (Fsp3) is 0.727. The van der Waals surface area contributed by atoms with Gasteiger partial charge >= 0.3 is 5.97 Å². The van der Waals surface area contributed by atoms with E-state index in [-0.39, 0.29) is 24.1 Å². The Hall–Kier alpha value is -1.24. The predicted molar refractivity (Wildman–Crippen MR) is 68.3 cm³/mol.